The Kier molecular flexibility index (Phi) is 5.77. The van der Waals surface area contributed by atoms with E-state index in [0.29, 0.717) is 11.5 Å². The molecule has 29 heavy (non-hydrogen) atoms. The lowest BCUT2D eigenvalue weighted by molar-refractivity contribution is -0.384. The summed E-state index contributed by atoms with van der Waals surface area (Å²) in [7, 11) is 1.50. The van der Waals surface area contributed by atoms with E-state index in [9.17, 15) is 14.9 Å². The number of methoxy groups -OCH3 is 1. The zero-order valence-corrected chi connectivity index (χ0v) is 16.2. The molecule has 0 aliphatic rings. The first-order valence-corrected chi connectivity index (χ1v) is 8.77. The molecular formula is C20H20N4O5. The van der Waals surface area contributed by atoms with E-state index in [4.69, 9.17) is 9.47 Å². The van der Waals surface area contributed by atoms with Crippen LogP contribution in [0.2, 0.25) is 0 Å². The number of rotatable bonds is 7. The molecule has 0 saturated carbocycles. The van der Waals surface area contributed by atoms with E-state index < -0.39 is 4.92 Å². The van der Waals surface area contributed by atoms with Gasteiger partial charge in [-0.2, -0.15) is 5.10 Å². The number of nitro groups is 1. The van der Waals surface area contributed by atoms with Crippen LogP contribution in [0.1, 0.15) is 11.4 Å². The van der Waals surface area contributed by atoms with Gasteiger partial charge < -0.3 is 14.8 Å². The number of nitrogens with zero attached hydrogens (tertiary/aromatic N) is 3. The van der Waals surface area contributed by atoms with E-state index in [-0.39, 0.29) is 29.6 Å². The van der Waals surface area contributed by atoms with Gasteiger partial charge in [0.25, 0.3) is 5.69 Å². The van der Waals surface area contributed by atoms with Crippen molar-refractivity contribution in [3.8, 4) is 17.2 Å². The molecule has 0 radical (unpaired) electrons. The van der Waals surface area contributed by atoms with Crippen molar-refractivity contribution in [1.82, 2.24) is 9.78 Å². The Labute approximate surface area is 167 Å². The van der Waals surface area contributed by atoms with Crippen molar-refractivity contribution in [2.45, 2.75) is 20.4 Å². The number of anilines is 1. The standard InChI is InChI=1S/C20H20N4O5/c1-13-8-14(2)23(22-13)12-20(25)21-15-9-16(24(26)27)11-17(10-15)29-19-7-5-4-6-18(19)28-3/h4-11H,12H2,1-3H3,(H,21,25). The smallest absolute Gasteiger partial charge is 0.275 e. The minimum absolute atomic E-state index is 0.00887. The molecule has 0 atom stereocenters. The van der Waals surface area contributed by atoms with Gasteiger partial charge >= 0.3 is 0 Å². The van der Waals surface area contributed by atoms with E-state index in [2.05, 4.69) is 10.4 Å². The Morgan fingerprint density at radius 2 is 1.90 bits per heavy atom. The molecule has 9 nitrogen and oxygen atoms in total. The van der Waals surface area contributed by atoms with Crippen molar-refractivity contribution >= 4 is 17.3 Å². The molecule has 0 aliphatic carbocycles. The Balaban J connectivity index is 1.83. The van der Waals surface area contributed by atoms with Gasteiger partial charge in [-0.05, 0) is 32.0 Å². The van der Waals surface area contributed by atoms with Crippen LogP contribution in [-0.4, -0.2) is 27.7 Å². The van der Waals surface area contributed by atoms with Crippen LogP contribution in [0.25, 0.3) is 0 Å². The summed E-state index contributed by atoms with van der Waals surface area (Å²) < 4.78 is 12.6. The maximum Gasteiger partial charge on any atom is 0.275 e. The number of aromatic nitrogens is 2. The monoisotopic (exact) mass is 396 g/mol. The predicted molar refractivity (Wildman–Crippen MR) is 106 cm³/mol. The number of carbonyl (C=O) groups excluding carboxylic acids is 1. The van der Waals surface area contributed by atoms with Gasteiger partial charge in [-0.25, -0.2) is 0 Å². The number of nitro benzene ring substituents is 1. The summed E-state index contributed by atoms with van der Waals surface area (Å²) in [6.45, 7) is 3.67. The maximum absolute atomic E-state index is 12.4. The van der Waals surface area contributed by atoms with Gasteiger partial charge in [-0.3, -0.25) is 19.6 Å². The quantitative estimate of drug-likeness (QED) is 0.480. The topological polar surface area (TPSA) is 109 Å². The first-order chi connectivity index (χ1) is 13.9. The Morgan fingerprint density at radius 1 is 1.17 bits per heavy atom. The number of carbonyl (C=O) groups is 1. The molecule has 1 N–H and O–H groups in total. The molecule has 1 aromatic heterocycles. The summed E-state index contributed by atoms with van der Waals surface area (Å²) in [6.07, 6.45) is 0. The second-order valence-electron chi connectivity index (χ2n) is 6.36. The van der Waals surface area contributed by atoms with E-state index in [1.807, 2.05) is 19.9 Å². The molecule has 3 aromatic rings. The first kappa shape index (κ1) is 19.9. The van der Waals surface area contributed by atoms with Crippen LogP contribution in [0.5, 0.6) is 17.2 Å². The fourth-order valence-corrected chi connectivity index (χ4v) is 2.82. The number of benzene rings is 2. The molecular weight excluding hydrogens is 376 g/mol. The second-order valence-corrected chi connectivity index (χ2v) is 6.36. The Morgan fingerprint density at radius 3 is 2.52 bits per heavy atom. The lowest BCUT2D eigenvalue weighted by Crippen LogP contribution is -2.20. The highest BCUT2D eigenvalue weighted by atomic mass is 16.6. The van der Waals surface area contributed by atoms with Crippen LogP contribution >= 0.6 is 0 Å². The number of hydrogen-bond acceptors (Lipinski definition) is 6. The first-order valence-electron chi connectivity index (χ1n) is 8.77. The van der Waals surface area contributed by atoms with Gasteiger partial charge in [0.15, 0.2) is 11.5 Å². The second kappa shape index (κ2) is 8.42. The van der Waals surface area contributed by atoms with Crippen LogP contribution < -0.4 is 14.8 Å². The molecule has 1 amide bonds. The minimum atomic E-state index is -0.550. The highest BCUT2D eigenvalue weighted by Crippen LogP contribution is 2.34. The van der Waals surface area contributed by atoms with Crippen LogP contribution in [0.15, 0.2) is 48.5 Å². The summed E-state index contributed by atoms with van der Waals surface area (Å²) >= 11 is 0. The molecule has 0 bridgehead atoms. The molecule has 0 aliphatic heterocycles. The molecule has 3 rings (SSSR count). The molecule has 9 heteroatoms. The third-order valence-electron chi connectivity index (χ3n) is 4.08. The van der Waals surface area contributed by atoms with Gasteiger partial charge in [0.2, 0.25) is 5.91 Å². The zero-order chi connectivity index (χ0) is 21.0. The van der Waals surface area contributed by atoms with Crippen LogP contribution in [0.4, 0.5) is 11.4 Å². The molecule has 0 saturated heterocycles. The number of ether oxygens (including phenoxy) is 2. The maximum atomic E-state index is 12.4. The van der Waals surface area contributed by atoms with Crippen molar-refractivity contribution in [2.24, 2.45) is 0 Å². The van der Waals surface area contributed by atoms with Gasteiger partial charge in [0.05, 0.1) is 29.5 Å². The molecule has 1 heterocycles. The molecule has 150 valence electrons. The summed E-state index contributed by atoms with van der Waals surface area (Å²) in [4.78, 5) is 23.1. The lowest BCUT2D eigenvalue weighted by Gasteiger charge is -2.12. The van der Waals surface area contributed by atoms with Crippen molar-refractivity contribution in [3.05, 3.63) is 70.0 Å². The number of aryl methyl sites for hydroxylation is 2. The van der Waals surface area contributed by atoms with Gasteiger partial charge in [-0.1, -0.05) is 12.1 Å². The number of amides is 1. The lowest BCUT2D eigenvalue weighted by atomic mass is 10.2. The number of para-hydroxylation sites is 2. The summed E-state index contributed by atoms with van der Waals surface area (Å²) in [5.41, 5.74) is 1.68. The van der Waals surface area contributed by atoms with Crippen molar-refractivity contribution < 1.29 is 19.2 Å². The molecule has 0 unspecified atom stereocenters. The molecule has 2 aromatic carbocycles. The largest absolute Gasteiger partial charge is 0.493 e. The highest BCUT2D eigenvalue weighted by molar-refractivity contribution is 5.91. The van der Waals surface area contributed by atoms with E-state index >= 15 is 0 Å². The average Bonchev–Trinajstić information content (AvgIpc) is 2.98. The van der Waals surface area contributed by atoms with Gasteiger partial charge in [-0.15, -0.1) is 0 Å². The average molecular weight is 396 g/mol. The zero-order valence-electron chi connectivity index (χ0n) is 16.2. The van der Waals surface area contributed by atoms with Crippen molar-refractivity contribution in [2.75, 3.05) is 12.4 Å². The third kappa shape index (κ3) is 4.89. The van der Waals surface area contributed by atoms with Crippen molar-refractivity contribution in [1.29, 1.82) is 0 Å². The van der Waals surface area contributed by atoms with Crippen molar-refractivity contribution in [3.63, 3.8) is 0 Å². The predicted octanol–water partition coefficient (Wildman–Crippen LogP) is 3.85. The van der Waals surface area contributed by atoms with E-state index in [1.54, 1.807) is 28.9 Å². The van der Waals surface area contributed by atoms with Crippen LogP contribution in [0.3, 0.4) is 0 Å². The normalized spacial score (nSPS) is 10.4. The SMILES string of the molecule is COc1ccccc1Oc1cc(NC(=O)Cn2nc(C)cc2C)cc([N+](=O)[O-])c1. The van der Waals surface area contributed by atoms with Crippen LogP contribution in [-0.2, 0) is 11.3 Å². The van der Waals surface area contributed by atoms with Gasteiger partial charge in [0, 0.05) is 17.8 Å². The fraction of sp³-hybridized carbons (Fsp3) is 0.200. The molecule has 0 spiro atoms. The molecule has 0 fully saturated rings. The Hall–Kier alpha value is -3.88. The number of non-ortho nitro benzene ring substituents is 1. The van der Waals surface area contributed by atoms with E-state index in [0.717, 1.165) is 11.4 Å². The van der Waals surface area contributed by atoms with Gasteiger partial charge in [0.1, 0.15) is 12.3 Å². The summed E-state index contributed by atoms with van der Waals surface area (Å²) in [6, 6.07) is 12.9. The minimum Gasteiger partial charge on any atom is -0.493 e. The summed E-state index contributed by atoms with van der Waals surface area (Å²) in [5.74, 6) is 0.717. The fourth-order valence-electron chi connectivity index (χ4n) is 2.82. The Bertz CT molecular complexity index is 1060. The number of hydrogen-bond donors (Lipinski definition) is 1. The number of nitrogens with one attached hydrogen (secondary N) is 1. The van der Waals surface area contributed by atoms with Crippen LogP contribution in [0, 0.1) is 24.0 Å². The summed E-state index contributed by atoms with van der Waals surface area (Å²) in [5, 5.41) is 18.2. The van der Waals surface area contributed by atoms with E-state index in [1.165, 1.54) is 25.3 Å². The highest BCUT2D eigenvalue weighted by Gasteiger charge is 2.15. The third-order valence-corrected chi connectivity index (χ3v) is 4.08.